The molecule has 2 N–H and O–H groups in total. The molecule has 1 aromatic carbocycles. The van der Waals surface area contributed by atoms with E-state index in [1.807, 2.05) is 13.2 Å². The van der Waals surface area contributed by atoms with Crippen LogP contribution in [-0.2, 0) is 6.42 Å². The molecule has 0 aliphatic carbocycles. The molecule has 0 amide bonds. The van der Waals surface area contributed by atoms with E-state index in [4.69, 9.17) is 0 Å². The maximum absolute atomic E-state index is 4.26. The van der Waals surface area contributed by atoms with E-state index in [0.717, 1.165) is 12.2 Å². The molecule has 84 valence electrons. The summed E-state index contributed by atoms with van der Waals surface area (Å²) in [7, 11) is 1.99. The number of nitrogens with zero attached hydrogens (tertiary/aromatic N) is 1. The van der Waals surface area contributed by atoms with Gasteiger partial charge in [-0.1, -0.05) is 24.3 Å². The highest BCUT2D eigenvalue weighted by atomic mass is 14.9. The minimum atomic E-state index is 0.312. The average Bonchev–Trinajstić information content (AvgIpc) is 2.80. The Hall–Kier alpha value is -1.61. The van der Waals surface area contributed by atoms with E-state index in [1.165, 1.54) is 11.1 Å². The first kappa shape index (κ1) is 10.9. The number of rotatable bonds is 4. The van der Waals surface area contributed by atoms with E-state index in [1.54, 1.807) is 6.20 Å². The van der Waals surface area contributed by atoms with E-state index in [0.29, 0.717) is 6.04 Å². The van der Waals surface area contributed by atoms with Crippen LogP contribution in [0.2, 0.25) is 0 Å². The van der Waals surface area contributed by atoms with E-state index >= 15 is 0 Å². The Morgan fingerprint density at radius 2 is 2.19 bits per heavy atom. The predicted molar refractivity (Wildman–Crippen MR) is 65.3 cm³/mol. The van der Waals surface area contributed by atoms with Crippen molar-refractivity contribution in [2.24, 2.45) is 0 Å². The summed E-state index contributed by atoms with van der Waals surface area (Å²) in [6, 6.07) is 8.77. The molecule has 1 unspecified atom stereocenters. The molecule has 0 spiro atoms. The lowest BCUT2D eigenvalue weighted by atomic mass is 9.99. The summed E-state index contributed by atoms with van der Waals surface area (Å²) in [6.45, 7) is 2.14. The van der Waals surface area contributed by atoms with Gasteiger partial charge in [-0.25, -0.2) is 4.98 Å². The summed E-state index contributed by atoms with van der Waals surface area (Å²) in [5, 5.41) is 3.34. The molecule has 0 saturated heterocycles. The monoisotopic (exact) mass is 215 g/mol. The second-order valence-corrected chi connectivity index (χ2v) is 3.94. The zero-order chi connectivity index (χ0) is 11.4. The second-order valence-electron chi connectivity index (χ2n) is 3.94. The van der Waals surface area contributed by atoms with Gasteiger partial charge in [0.25, 0.3) is 0 Å². The molecule has 0 aliphatic rings. The largest absolute Gasteiger partial charge is 0.349 e. The van der Waals surface area contributed by atoms with E-state index in [-0.39, 0.29) is 0 Å². The van der Waals surface area contributed by atoms with Crippen LogP contribution in [0.15, 0.2) is 36.7 Å². The second kappa shape index (κ2) is 4.94. The summed E-state index contributed by atoms with van der Waals surface area (Å²) >= 11 is 0. The highest BCUT2D eigenvalue weighted by molar-refractivity contribution is 5.29. The lowest BCUT2D eigenvalue weighted by molar-refractivity contribution is 0.575. The van der Waals surface area contributed by atoms with Crippen molar-refractivity contribution in [1.82, 2.24) is 15.3 Å². The van der Waals surface area contributed by atoms with Crippen molar-refractivity contribution in [3.8, 4) is 0 Å². The maximum atomic E-state index is 4.26. The van der Waals surface area contributed by atoms with Gasteiger partial charge in [-0.15, -0.1) is 0 Å². The third-order valence-corrected chi connectivity index (χ3v) is 2.86. The molecular weight excluding hydrogens is 198 g/mol. The molecule has 2 aromatic rings. The van der Waals surface area contributed by atoms with Gasteiger partial charge in [-0.3, -0.25) is 0 Å². The van der Waals surface area contributed by atoms with Crippen molar-refractivity contribution in [2.75, 3.05) is 7.05 Å². The number of H-pyrrole nitrogens is 1. The van der Waals surface area contributed by atoms with Gasteiger partial charge in [-0.2, -0.15) is 0 Å². The van der Waals surface area contributed by atoms with Crippen LogP contribution in [0.25, 0.3) is 0 Å². The van der Waals surface area contributed by atoms with Gasteiger partial charge in [0.2, 0.25) is 0 Å². The zero-order valence-electron chi connectivity index (χ0n) is 9.70. The number of hydrogen-bond acceptors (Lipinski definition) is 2. The number of aromatic amines is 1. The van der Waals surface area contributed by atoms with Crippen LogP contribution in [0.3, 0.4) is 0 Å². The Kier molecular flexibility index (Phi) is 3.37. The fourth-order valence-electron chi connectivity index (χ4n) is 1.95. The van der Waals surface area contributed by atoms with Gasteiger partial charge in [-0.05, 0) is 25.1 Å². The van der Waals surface area contributed by atoms with Crippen molar-refractivity contribution >= 4 is 0 Å². The predicted octanol–water partition coefficient (Wildman–Crippen LogP) is 2.22. The maximum Gasteiger partial charge on any atom is 0.107 e. The van der Waals surface area contributed by atoms with E-state index in [9.17, 15) is 0 Å². The zero-order valence-corrected chi connectivity index (χ0v) is 9.70. The van der Waals surface area contributed by atoms with Crippen LogP contribution in [-0.4, -0.2) is 17.0 Å². The third-order valence-electron chi connectivity index (χ3n) is 2.86. The molecule has 3 nitrogen and oxygen atoms in total. The van der Waals surface area contributed by atoms with E-state index in [2.05, 4.69) is 46.5 Å². The quantitative estimate of drug-likeness (QED) is 0.821. The topological polar surface area (TPSA) is 40.7 Å². The first-order valence-corrected chi connectivity index (χ1v) is 5.52. The highest BCUT2D eigenvalue weighted by Crippen LogP contribution is 2.19. The van der Waals surface area contributed by atoms with Crippen LogP contribution < -0.4 is 5.32 Å². The summed E-state index contributed by atoms with van der Waals surface area (Å²) in [5.41, 5.74) is 2.65. The number of nitrogens with one attached hydrogen (secondary N) is 2. The van der Waals surface area contributed by atoms with Gasteiger partial charge in [0.15, 0.2) is 0 Å². The highest BCUT2D eigenvalue weighted by Gasteiger charge is 2.12. The van der Waals surface area contributed by atoms with Crippen LogP contribution in [0.4, 0.5) is 0 Å². The van der Waals surface area contributed by atoms with Crippen molar-refractivity contribution < 1.29 is 0 Å². The van der Waals surface area contributed by atoms with Crippen molar-refractivity contribution in [2.45, 2.75) is 19.4 Å². The van der Waals surface area contributed by atoms with Gasteiger partial charge < -0.3 is 10.3 Å². The SMILES string of the molecule is CNC(Cc1ncc[nH]1)c1ccccc1C. The molecule has 0 bridgehead atoms. The average molecular weight is 215 g/mol. The smallest absolute Gasteiger partial charge is 0.107 e. The van der Waals surface area contributed by atoms with Gasteiger partial charge in [0, 0.05) is 24.9 Å². The fourth-order valence-corrected chi connectivity index (χ4v) is 1.95. The Labute approximate surface area is 95.9 Å². The molecule has 16 heavy (non-hydrogen) atoms. The molecule has 1 heterocycles. The van der Waals surface area contributed by atoms with Crippen LogP contribution in [0.1, 0.15) is 23.0 Å². The third kappa shape index (κ3) is 2.31. The summed E-state index contributed by atoms with van der Waals surface area (Å²) in [6.07, 6.45) is 4.54. The van der Waals surface area contributed by atoms with Crippen LogP contribution >= 0.6 is 0 Å². The lowest BCUT2D eigenvalue weighted by Gasteiger charge is -2.17. The van der Waals surface area contributed by atoms with Gasteiger partial charge in [0.1, 0.15) is 5.82 Å². The normalized spacial score (nSPS) is 12.6. The lowest BCUT2D eigenvalue weighted by Crippen LogP contribution is -2.20. The molecule has 0 aliphatic heterocycles. The molecule has 0 saturated carbocycles. The first-order chi connectivity index (χ1) is 7.81. The summed E-state index contributed by atoms with van der Waals surface area (Å²) < 4.78 is 0. The van der Waals surface area contributed by atoms with E-state index < -0.39 is 0 Å². The minimum absolute atomic E-state index is 0.312. The van der Waals surface area contributed by atoms with Crippen molar-refractivity contribution in [3.63, 3.8) is 0 Å². The van der Waals surface area contributed by atoms with Crippen molar-refractivity contribution in [1.29, 1.82) is 0 Å². The molecule has 1 atom stereocenters. The number of imidazole rings is 1. The van der Waals surface area contributed by atoms with Crippen molar-refractivity contribution in [3.05, 3.63) is 53.6 Å². The molecule has 1 aromatic heterocycles. The number of benzene rings is 1. The molecule has 0 fully saturated rings. The van der Waals surface area contributed by atoms with Gasteiger partial charge in [0.05, 0.1) is 0 Å². The Balaban J connectivity index is 2.20. The molecule has 2 rings (SSSR count). The van der Waals surface area contributed by atoms with Crippen LogP contribution in [0, 0.1) is 6.92 Å². The summed E-state index contributed by atoms with van der Waals surface area (Å²) in [5.74, 6) is 1.02. The number of likely N-dealkylation sites (N-methyl/N-ethyl adjacent to an activating group) is 1. The van der Waals surface area contributed by atoms with Gasteiger partial charge >= 0.3 is 0 Å². The standard InChI is InChI=1S/C13H17N3/c1-10-5-3-4-6-11(10)12(14-2)9-13-15-7-8-16-13/h3-8,12,14H,9H2,1-2H3,(H,15,16). The Morgan fingerprint density at radius 1 is 1.38 bits per heavy atom. The number of aromatic nitrogens is 2. The Morgan fingerprint density at radius 3 is 2.81 bits per heavy atom. The number of aryl methyl sites for hydroxylation is 1. The first-order valence-electron chi connectivity index (χ1n) is 5.52. The fraction of sp³-hybridized carbons (Fsp3) is 0.308. The minimum Gasteiger partial charge on any atom is -0.349 e. The molecule has 3 heteroatoms. The Bertz CT molecular complexity index is 434. The molecule has 0 radical (unpaired) electrons. The molecular formula is C13H17N3. The van der Waals surface area contributed by atoms with Crippen LogP contribution in [0.5, 0.6) is 0 Å². The number of hydrogen-bond donors (Lipinski definition) is 2. The summed E-state index contributed by atoms with van der Waals surface area (Å²) in [4.78, 5) is 7.40.